The van der Waals surface area contributed by atoms with Crippen molar-refractivity contribution in [2.45, 2.75) is 58.4 Å². The van der Waals surface area contributed by atoms with Crippen LogP contribution in [-0.4, -0.2) is 46.4 Å². The zero-order chi connectivity index (χ0) is 17.5. The van der Waals surface area contributed by atoms with Gasteiger partial charge in [0.1, 0.15) is 6.16 Å². The van der Waals surface area contributed by atoms with Crippen LogP contribution in [0.15, 0.2) is 0 Å². The van der Waals surface area contributed by atoms with Gasteiger partial charge in [0.15, 0.2) is 11.9 Å². The second-order valence-corrected chi connectivity index (χ2v) is 9.33. The fourth-order valence-corrected chi connectivity index (χ4v) is 5.00. The normalized spacial score (nSPS) is 19.2. The lowest BCUT2D eigenvalue weighted by Crippen LogP contribution is -2.46. The standard InChI is InChI=1S/C16H31N2O4P/c1-3-12(2)15(17)16(20)18-9-14(19)11-23(21,22)10-13-7-5-4-6-8-13/h12-13,15,21-22H,3-11,17H2,1-2H3/p+1/t12?,15-/m0/s1. The maximum absolute atomic E-state index is 11.9. The Hall–Kier alpha value is -0.550. The van der Waals surface area contributed by atoms with E-state index in [0.717, 1.165) is 32.1 Å². The molecule has 0 bridgehead atoms. The van der Waals surface area contributed by atoms with Gasteiger partial charge in [-0.05, 0) is 24.7 Å². The van der Waals surface area contributed by atoms with E-state index in [0.29, 0.717) is 12.1 Å². The number of Topliss-reactive ketones (excluding diaryl/α,β-unsaturated/α-hetero) is 1. The van der Waals surface area contributed by atoms with Crippen molar-refractivity contribution >= 4 is 19.4 Å². The van der Waals surface area contributed by atoms with E-state index in [1.54, 1.807) is 0 Å². The Bertz CT molecular complexity index is 398. The molecule has 1 fully saturated rings. The third-order valence-electron chi connectivity index (χ3n) is 4.72. The number of carbonyl (C=O) groups is 2. The minimum atomic E-state index is -3.21. The average Bonchev–Trinajstić information content (AvgIpc) is 2.51. The molecule has 0 saturated heterocycles. The quantitative estimate of drug-likeness (QED) is 0.472. The van der Waals surface area contributed by atoms with E-state index in [-0.39, 0.29) is 30.3 Å². The first-order chi connectivity index (χ1) is 10.7. The van der Waals surface area contributed by atoms with Gasteiger partial charge in [-0.2, -0.15) is 0 Å². The highest BCUT2D eigenvalue weighted by Crippen LogP contribution is 2.52. The van der Waals surface area contributed by atoms with Crippen LogP contribution in [-0.2, 0) is 9.59 Å². The minimum absolute atomic E-state index is 0.0404. The molecule has 23 heavy (non-hydrogen) atoms. The molecule has 2 atom stereocenters. The summed E-state index contributed by atoms with van der Waals surface area (Å²) in [5, 5.41) is 2.51. The van der Waals surface area contributed by atoms with Crippen LogP contribution >= 0.6 is 7.72 Å². The predicted molar refractivity (Wildman–Crippen MR) is 93.1 cm³/mol. The van der Waals surface area contributed by atoms with Gasteiger partial charge < -0.3 is 11.1 Å². The SMILES string of the molecule is CCC(C)[C@H](N)C(=O)NCC(=O)C[P+](O)(O)CC1CCCCC1. The highest BCUT2D eigenvalue weighted by atomic mass is 31.2. The smallest absolute Gasteiger partial charge is 0.275 e. The predicted octanol–water partition coefficient (Wildman–Crippen LogP) is 1.46. The van der Waals surface area contributed by atoms with E-state index in [1.807, 2.05) is 13.8 Å². The Balaban J connectivity index is 2.35. The van der Waals surface area contributed by atoms with E-state index in [1.165, 1.54) is 6.42 Å². The van der Waals surface area contributed by atoms with E-state index < -0.39 is 13.8 Å². The fourth-order valence-electron chi connectivity index (χ4n) is 3.00. The molecule has 1 aliphatic carbocycles. The number of rotatable bonds is 9. The third kappa shape index (κ3) is 7.71. The maximum atomic E-state index is 11.9. The lowest BCUT2D eigenvalue weighted by Gasteiger charge is -2.23. The zero-order valence-corrected chi connectivity index (χ0v) is 15.2. The third-order valence-corrected chi connectivity index (χ3v) is 6.68. The van der Waals surface area contributed by atoms with E-state index >= 15 is 0 Å². The first-order valence-electron chi connectivity index (χ1n) is 8.62. The molecule has 1 aliphatic rings. The van der Waals surface area contributed by atoms with Gasteiger partial charge in [0.2, 0.25) is 5.91 Å². The Morgan fingerprint density at radius 3 is 2.43 bits per heavy atom. The second-order valence-electron chi connectivity index (χ2n) is 6.89. The average molecular weight is 347 g/mol. The molecule has 0 radical (unpaired) electrons. The Labute approximate surface area is 139 Å². The monoisotopic (exact) mass is 347 g/mol. The number of ketones is 1. The molecule has 5 N–H and O–H groups in total. The molecule has 7 heteroatoms. The molecule has 1 unspecified atom stereocenters. The van der Waals surface area contributed by atoms with Crippen LogP contribution in [0.1, 0.15) is 52.4 Å². The summed E-state index contributed by atoms with van der Waals surface area (Å²) < 4.78 is 0. The summed E-state index contributed by atoms with van der Waals surface area (Å²) in [4.78, 5) is 44.0. The molecule has 0 heterocycles. The molecule has 0 spiro atoms. The van der Waals surface area contributed by atoms with Crippen molar-refractivity contribution in [3.63, 3.8) is 0 Å². The number of nitrogens with one attached hydrogen (secondary N) is 1. The van der Waals surface area contributed by atoms with Gasteiger partial charge in [0.25, 0.3) is 7.72 Å². The molecule has 0 aromatic rings. The van der Waals surface area contributed by atoms with Crippen molar-refractivity contribution in [1.82, 2.24) is 5.32 Å². The number of amides is 1. The van der Waals surface area contributed by atoms with Crippen LogP contribution in [0.2, 0.25) is 0 Å². The summed E-state index contributed by atoms with van der Waals surface area (Å²) in [5.41, 5.74) is 5.79. The van der Waals surface area contributed by atoms with Gasteiger partial charge in [-0.1, -0.05) is 39.5 Å². The molecular weight excluding hydrogens is 315 g/mol. The van der Waals surface area contributed by atoms with Crippen LogP contribution in [0.25, 0.3) is 0 Å². The van der Waals surface area contributed by atoms with E-state index in [4.69, 9.17) is 5.73 Å². The largest absolute Gasteiger partial charge is 0.347 e. The maximum Gasteiger partial charge on any atom is 0.275 e. The summed E-state index contributed by atoms with van der Waals surface area (Å²) in [7, 11) is -3.21. The molecule has 0 aliphatic heterocycles. The number of nitrogens with two attached hydrogens (primary N) is 1. The molecule has 1 amide bonds. The van der Waals surface area contributed by atoms with Gasteiger partial charge in [0.05, 0.1) is 12.6 Å². The van der Waals surface area contributed by atoms with Crippen LogP contribution in [0, 0.1) is 11.8 Å². The zero-order valence-electron chi connectivity index (χ0n) is 14.3. The molecule has 134 valence electrons. The minimum Gasteiger partial charge on any atom is -0.347 e. The van der Waals surface area contributed by atoms with E-state index in [2.05, 4.69) is 5.32 Å². The van der Waals surface area contributed by atoms with Crippen molar-refractivity contribution in [3.8, 4) is 0 Å². The molecule has 6 nitrogen and oxygen atoms in total. The first kappa shape index (κ1) is 20.5. The number of hydrogen-bond donors (Lipinski definition) is 4. The van der Waals surface area contributed by atoms with Crippen molar-refractivity contribution in [2.24, 2.45) is 17.6 Å². The number of hydrogen-bond acceptors (Lipinski definition) is 5. The molecule has 1 rings (SSSR count). The Morgan fingerprint density at radius 2 is 1.87 bits per heavy atom. The summed E-state index contributed by atoms with van der Waals surface area (Å²) in [6, 6.07) is -0.641. The van der Waals surface area contributed by atoms with Gasteiger partial charge in [-0.15, -0.1) is 0 Å². The fraction of sp³-hybridized carbons (Fsp3) is 0.875. The lowest BCUT2D eigenvalue weighted by molar-refractivity contribution is -0.126. The van der Waals surface area contributed by atoms with Crippen molar-refractivity contribution in [3.05, 3.63) is 0 Å². The van der Waals surface area contributed by atoms with Crippen molar-refractivity contribution < 1.29 is 19.4 Å². The van der Waals surface area contributed by atoms with Crippen LogP contribution < -0.4 is 11.1 Å². The van der Waals surface area contributed by atoms with Crippen molar-refractivity contribution in [2.75, 3.05) is 18.9 Å². The van der Waals surface area contributed by atoms with E-state index in [9.17, 15) is 19.4 Å². The summed E-state index contributed by atoms with van der Waals surface area (Å²) >= 11 is 0. The summed E-state index contributed by atoms with van der Waals surface area (Å²) in [6.07, 6.45) is 6.35. The van der Waals surface area contributed by atoms with Crippen LogP contribution in [0.4, 0.5) is 0 Å². The van der Waals surface area contributed by atoms with Gasteiger partial charge in [-0.25, -0.2) is 9.79 Å². The van der Waals surface area contributed by atoms with Gasteiger partial charge in [0, 0.05) is 0 Å². The van der Waals surface area contributed by atoms with Crippen molar-refractivity contribution in [1.29, 1.82) is 0 Å². The topological polar surface area (TPSA) is 113 Å². The van der Waals surface area contributed by atoms with Gasteiger partial charge >= 0.3 is 0 Å². The highest BCUT2D eigenvalue weighted by molar-refractivity contribution is 7.65. The highest BCUT2D eigenvalue weighted by Gasteiger charge is 2.39. The molecule has 1 saturated carbocycles. The van der Waals surface area contributed by atoms with Gasteiger partial charge in [-0.3, -0.25) is 9.59 Å². The lowest BCUT2D eigenvalue weighted by atomic mass is 9.91. The summed E-state index contributed by atoms with van der Waals surface area (Å²) in [5.74, 6) is -0.351. The van der Waals surface area contributed by atoms with Crippen LogP contribution in [0.5, 0.6) is 0 Å². The molecule has 0 aromatic carbocycles. The second kappa shape index (κ2) is 9.67. The number of carbonyl (C=O) groups excluding carboxylic acids is 2. The molecular formula is C16H32N2O4P+. The van der Waals surface area contributed by atoms with Crippen LogP contribution in [0.3, 0.4) is 0 Å². The Morgan fingerprint density at radius 1 is 1.26 bits per heavy atom. The Kier molecular flexibility index (Phi) is 8.62. The molecule has 0 aromatic heterocycles. The first-order valence-corrected chi connectivity index (χ1v) is 10.7. The summed E-state index contributed by atoms with van der Waals surface area (Å²) in [6.45, 7) is 3.65.